The molecule has 856 valence electrons. The first-order chi connectivity index (χ1) is 71.0. The number of carboxylic acids is 6. The number of nitrogens with two attached hydrogens (primary N) is 2. The lowest BCUT2D eigenvalue weighted by Crippen LogP contribution is -2.68. The average Bonchev–Trinajstić information content (AvgIpc) is 0.858. The number of hydrogen-bond acceptors (Lipinski definition) is 38. The van der Waals surface area contributed by atoms with Crippen molar-refractivity contribution in [2.24, 2.45) is 29.2 Å². The highest BCUT2D eigenvalue weighted by atomic mass is 16.4. The molecule has 0 aromatic carbocycles. The maximum absolute atomic E-state index is 12.9. The first-order valence-electron chi connectivity index (χ1n) is 54.7. The molecule has 0 saturated carbocycles. The summed E-state index contributed by atoms with van der Waals surface area (Å²) in [5, 5.41) is 157. The van der Waals surface area contributed by atoms with E-state index in [4.69, 9.17) is 42.1 Å². The van der Waals surface area contributed by atoms with E-state index in [1.807, 2.05) is 0 Å². The van der Waals surface area contributed by atoms with Crippen LogP contribution in [0.15, 0.2) is 0 Å². The molecule has 3 atom stereocenters. The quantitative estimate of drug-likeness (QED) is 0.0318. The van der Waals surface area contributed by atoms with Crippen molar-refractivity contribution in [1.29, 1.82) is 0 Å². The van der Waals surface area contributed by atoms with Crippen LogP contribution >= 0.6 is 0 Å². The molecule has 6 amide bonds. The summed E-state index contributed by atoms with van der Waals surface area (Å²) in [7, 11) is 0. The maximum Gasteiger partial charge on any atom is 0.303 e. The van der Waals surface area contributed by atoms with Crippen LogP contribution in [0.5, 0.6) is 0 Å². The summed E-state index contributed by atoms with van der Waals surface area (Å²) in [6, 6.07) is 0. The topological polar surface area (TPSA) is 739 Å². The fraction of sp³-hybridized carbons (Fsp3) is 0.878. The molecule has 12 heterocycles. The van der Waals surface area contributed by atoms with Crippen LogP contribution in [-0.2, 0) is 57.5 Å². The molecular formula is C98H196N32O18. The second kappa shape index (κ2) is 76.2. The van der Waals surface area contributed by atoms with Gasteiger partial charge in [0.2, 0.25) is 35.4 Å². The number of amides is 6. The van der Waals surface area contributed by atoms with Gasteiger partial charge in [0.1, 0.15) is 0 Å². The molecule has 12 aliphatic rings. The van der Waals surface area contributed by atoms with E-state index in [9.17, 15) is 57.5 Å². The minimum atomic E-state index is -0.911. The standard InChI is InChI=1S/C27H52N8O6.C25H52N8O3.C24H46N8O6.C22H46N8O3/c36-22(6-1-8-24(38)39)34-26-16-28-10-3-13-31-19-27(20-32-14-4-11-29-17-26,21-33-15-5-12-30-18-26)35-23(37)7-2-9-25(40)41;1-19-7-27-13-24(26)14-28-8-20(2)11-31-17-25(16-30-10-19,18-32-12-21(3)9-29-15-24)33-22(34)5-4-6-23(35)36;33-19(3-1-5-21(35)36)31-23-13-25-7-10-28-16-24(17-29-11-8-26-14-23,18-30-12-9-27-15-23)32-20(34)4-2-6-22(37)38;23-21-13-24-7-2-10-27-16-22(17-28-11-3-8-25-14-21,18-29-12-4-9-26-15-21)30-19(31)5-1-6-20(32)33/h28-33H,1-21H2,(H,34,36)(H,35,37)(H,38,39)(H,40,41);19-21,27-32H,4-18,26H2,1-3H3,(H,33,34)(H,35,36);25-30H,1-18H2,(H,31,33)(H,32,34)(H,35,36)(H,37,38);24-29H,1-18,23H2,(H,30,31)(H,32,33). The third kappa shape index (κ3) is 62.1. The third-order valence-corrected chi connectivity index (χ3v) is 27.0. The molecule has 12 aliphatic heterocycles. The Kier molecular flexibility index (Phi) is 67.5. The molecule has 50 nitrogen and oxygen atoms in total. The van der Waals surface area contributed by atoms with Crippen molar-refractivity contribution >= 4 is 71.3 Å². The lowest BCUT2D eigenvalue weighted by Gasteiger charge is -2.39. The van der Waals surface area contributed by atoms with E-state index in [1.165, 1.54) is 0 Å². The zero-order valence-corrected chi connectivity index (χ0v) is 89.4. The van der Waals surface area contributed by atoms with Crippen LogP contribution in [-0.4, -0.2) is 460 Å². The zero-order chi connectivity index (χ0) is 108. The van der Waals surface area contributed by atoms with Crippen molar-refractivity contribution in [2.75, 3.05) is 314 Å². The zero-order valence-electron chi connectivity index (χ0n) is 89.4. The summed E-state index contributed by atoms with van der Waals surface area (Å²) in [5.41, 5.74) is 9.47. The highest BCUT2D eigenvalue weighted by Crippen LogP contribution is 2.16. The van der Waals surface area contributed by atoms with Crippen molar-refractivity contribution < 1.29 is 88.2 Å². The van der Waals surface area contributed by atoms with Crippen LogP contribution in [0.1, 0.15) is 175 Å². The SMILES string of the molecule is CC1CNCC2(N)CNCC(C)CNCC(NC(=O)CCCC(=O)O)(CNC1)CNCC(C)CNC2.NC12CNCCCNCC(NC(=O)CCCC(=O)O)(CNCCCNC1)CNCCCNC2.O=C(O)CCCC(=O)NC12CNCCCNCC(NC(=O)CCCC(=O)O)(CNCCCNC1)CNCCCNC2.O=C(O)CCCC(=O)NC12CNCCNCC(NC(=O)CCCC(=O)O)(CNCCNC1)CNCCNC2. The van der Waals surface area contributed by atoms with Gasteiger partial charge >= 0.3 is 35.8 Å². The van der Waals surface area contributed by atoms with E-state index in [-0.39, 0.29) is 124 Å². The van der Waals surface area contributed by atoms with Crippen LogP contribution in [0, 0.1) is 17.8 Å². The minimum absolute atomic E-state index is 0.00119. The first-order valence-corrected chi connectivity index (χ1v) is 54.7. The van der Waals surface area contributed by atoms with Crippen molar-refractivity contribution in [1.82, 2.24) is 160 Å². The second-order valence-electron chi connectivity index (χ2n) is 42.6. The smallest absolute Gasteiger partial charge is 0.303 e. The van der Waals surface area contributed by atoms with E-state index in [1.54, 1.807) is 0 Å². The van der Waals surface area contributed by atoms with Crippen molar-refractivity contribution in [3.05, 3.63) is 0 Å². The van der Waals surface area contributed by atoms with Gasteiger partial charge in [-0.05, 0) is 213 Å². The van der Waals surface area contributed by atoms with E-state index >= 15 is 0 Å². The van der Waals surface area contributed by atoms with Crippen LogP contribution in [0.25, 0.3) is 0 Å². The predicted molar refractivity (Wildman–Crippen MR) is 572 cm³/mol. The number of aliphatic carboxylic acids is 6. The summed E-state index contributed by atoms with van der Waals surface area (Å²) in [6.07, 6.45) is 8.21. The maximum atomic E-state index is 12.9. The fourth-order valence-electron chi connectivity index (χ4n) is 18.9. The van der Waals surface area contributed by atoms with Gasteiger partial charge in [0, 0.05) is 273 Å². The number of fused-ring (bicyclic) bond motifs is 69. The number of rotatable bonds is 30. The van der Waals surface area contributed by atoms with Gasteiger partial charge < -0.3 is 202 Å². The third-order valence-electron chi connectivity index (χ3n) is 27.0. The summed E-state index contributed by atoms with van der Waals surface area (Å²) >= 11 is 0. The number of hydrogen-bond donors (Lipinski definition) is 38. The molecule has 50 heteroatoms. The van der Waals surface area contributed by atoms with E-state index < -0.39 is 69.0 Å². The molecule has 40 N–H and O–H groups in total. The molecule has 0 aromatic heterocycles. The van der Waals surface area contributed by atoms with Gasteiger partial charge in [0.15, 0.2) is 0 Å². The molecule has 12 rings (SSSR count). The molecule has 148 heavy (non-hydrogen) atoms. The van der Waals surface area contributed by atoms with E-state index in [2.05, 4.69) is 180 Å². The molecule has 3 unspecified atom stereocenters. The molecule has 12 saturated heterocycles. The summed E-state index contributed by atoms with van der Waals surface area (Å²) < 4.78 is 0. The molecule has 0 radical (unpaired) electrons. The van der Waals surface area contributed by atoms with Gasteiger partial charge in [-0.15, -0.1) is 0 Å². The van der Waals surface area contributed by atoms with Gasteiger partial charge in [-0.25, -0.2) is 0 Å². The van der Waals surface area contributed by atoms with Crippen LogP contribution in [0.2, 0.25) is 0 Å². The van der Waals surface area contributed by atoms with Crippen molar-refractivity contribution in [3.8, 4) is 0 Å². The number of carbonyl (C=O) groups is 12. The summed E-state index contributed by atoms with van der Waals surface area (Å²) in [4.78, 5) is 142. The van der Waals surface area contributed by atoms with Crippen LogP contribution < -0.4 is 171 Å². The summed E-state index contributed by atoms with van der Waals surface area (Å²) in [5.74, 6) is -5.04. The van der Waals surface area contributed by atoms with Crippen molar-refractivity contribution in [2.45, 2.75) is 219 Å². The van der Waals surface area contributed by atoms with Crippen molar-refractivity contribution in [3.63, 3.8) is 0 Å². The minimum Gasteiger partial charge on any atom is -0.481 e. The van der Waals surface area contributed by atoms with Gasteiger partial charge in [0.25, 0.3) is 0 Å². The highest BCUT2D eigenvalue weighted by molar-refractivity contribution is 5.81. The molecule has 0 spiro atoms. The highest BCUT2D eigenvalue weighted by Gasteiger charge is 2.40. The predicted octanol–water partition coefficient (Wildman–Crippen LogP) is -9.49. The Bertz CT molecular complexity index is 3430. The Morgan fingerprint density at radius 1 is 0.189 bits per heavy atom. The Balaban J connectivity index is 0.000000348. The molecule has 12 fully saturated rings. The Morgan fingerprint density at radius 2 is 0.304 bits per heavy atom. The van der Waals surface area contributed by atoms with Crippen LogP contribution in [0.4, 0.5) is 0 Å². The lowest BCUT2D eigenvalue weighted by molar-refractivity contribution is -0.138. The molecule has 0 aromatic rings. The van der Waals surface area contributed by atoms with Gasteiger partial charge in [0.05, 0.1) is 44.3 Å². The summed E-state index contributed by atoms with van der Waals surface area (Å²) in [6.45, 7) is 39.6. The molecule has 0 aliphatic carbocycles. The Hall–Kier alpha value is -7.40. The lowest BCUT2D eigenvalue weighted by atomic mass is 9.96. The fourth-order valence-corrected chi connectivity index (χ4v) is 18.9. The van der Waals surface area contributed by atoms with E-state index in [0.717, 1.165) is 196 Å². The Morgan fingerprint density at radius 3 is 0.446 bits per heavy atom. The Labute approximate surface area is 877 Å². The van der Waals surface area contributed by atoms with Gasteiger partial charge in [-0.2, -0.15) is 0 Å². The largest absolute Gasteiger partial charge is 0.481 e. The van der Waals surface area contributed by atoms with Crippen LogP contribution in [0.3, 0.4) is 0 Å². The monoisotopic (exact) mass is 2110 g/mol. The number of carbonyl (C=O) groups excluding carboxylic acids is 6. The second-order valence-corrected chi connectivity index (χ2v) is 42.6. The number of carboxylic acid groups (broad SMARTS) is 6. The number of nitrogens with one attached hydrogen (secondary N) is 30. The van der Waals surface area contributed by atoms with Gasteiger partial charge in [-0.3, -0.25) is 57.5 Å². The normalized spacial score (nSPS) is 28.8. The average molecular weight is 2110 g/mol. The molecular weight excluding hydrogens is 1910 g/mol. The van der Waals surface area contributed by atoms with Gasteiger partial charge in [-0.1, -0.05) is 20.8 Å². The van der Waals surface area contributed by atoms with E-state index in [0.29, 0.717) is 213 Å². The molecule has 8 bridgehead atoms. The first kappa shape index (κ1) is 131.